The van der Waals surface area contributed by atoms with Gasteiger partial charge in [-0.15, -0.1) is 0 Å². The fourth-order valence-corrected chi connectivity index (χ4v) is 4.48. The molecule has 0 aromatic heterocycles. The average Bonchev–Trinajstić information content (AvgIpc) is 2.90. The van der Waals surface area contributed by atoms with E-state index in [0.29, 0.717) is 18.8 Å². The van der Waals surface area contributed by atoms with Crippen molar-refractivity contribution in [1.82, 2.24) is 0 Å². The minimum Gasteiger partial charge on any atom is -0.463 e. The van der Waals surface area contributed by atoms with Crippen LogP contribution in [0.25, 0.3) is 6.08 Å². The third-order valence-corrected chi connectivity index (χ3v) is 6.47. The first-order chi connectivity index (χ1) is 18.3. The van der Waals surface area contributed by atoms with Crippen LogP contribution in [0.3, 0.4) is 0 Å². The van der Waals surface area contributed by atoms with Crippen molar-refractivity contribution < 1.29 is 19.1 Å². The first kappa shape index (κ1) is 28.5. The number of anilines is 2. The third kappa shape index (κ3) is 9.43. The third-order valence-electron chi connectivity index (χ3n) is 6.47. The number of carbonyl (C=O) groups excluding carboxylic acids is 2. The lowest BCUT2D eigenvalue weighted by molar-refractivity contribution is -0.137. The fourth-order valence-electron chi connectivity index (χ4n) is 4.48. The highest BCUT2D eigenvalue weighted by molar-refractivity contribution is 5.90. The van der Waals surface area contributed by atoms with Crippen molar-refractivity contribution in [3.63, 3.8) is 0 Å². The number of ether oxygens (including phenoxy) is 2. The Balaban J connectivity index is 1.51. The topological polar surface area (TPSA) is 105 Å². The molecule has 6 heteroatoms. The number of hydrogen-bond donors (Lipinski definition) is 2. The van der Waals surface area contributed by atoms with Crippen LogP contribution in [0.4, 0.5) is 11.4 Å². The monoisotopic (exact) mass is 514 g/mol. The Hall–Kier alpha value is -4.06. The number of carbonyl (C=O) groups is 2. The molecule has 3 rings (SSSR count). The van der Waals surface area contributed by atoms with Gasteiger partial charge in [-0.25, -0.2) is 9.59 Å². The van der Waals surface area contributed by atoms with E-state index in [0.717, 1.165) is 49.0 Å². The number of hydrogen-bond acceptors (Lipinski definition) is 6. The Morgan fingerprint density at radius 3 is 1.87 bits per heavy atom. The van der Waals surface area contributed by atoms with Crippen LogP contribution in [0.5, 0.6) is 0 Å². The fraction of sp³-hybridized carbons (Fsp3) is 0.312. The van der Waals surface area contributed by atoms with Gasteiger partial charge in [-0.1, -0.05) is 43.3 Å². The second-order valence-corrected chi connectivity index (χ2v) is 9.95. The van der Waals surface area contributed by atoms with Gasteiger partial charge < -0.3 is 20.9 Å². The highest BCUT2D eigenvalue weighted by Crippen LogP contribution is 2.33. The molecular weight excluding hydrogens is 476 g/mol. The summed E-state index contributed by atoms with van der Waals surface area (Å²) in [5.41, 5.74) is 17.1. The maximum absolute atomic E-state index is 12.5. The maximum Gasteiger partial charge on any atom is 0.338 e. The lowest BCUT2D eigenvalue weighted by Crippen LogP contribution is -2.23. The van der Waals surface area contributed by atoms with E-state index in [1.54, 1.807) is 37.3 Å². The molecule has 4 N–H and O–H groups in total. The molecule has 3 aromatic carbocycles. The molecule has 0 aliphatic heterocycles. The zero-order chi connectivity index (χ0) is 27.4. The summed E-state index contributed by atoms with van der Waals surface area (Å²) in [5.74, 6) is -0.744. The SMILES string of the molecule is CCOC(=O)/C=C/c1ccc(C(=O)OCCCCC(C)(Cc2ccc(N)cc2)Cc2ccc(N)cc2)cc1. The molecule has 38 heavy (non-hydrogen) atoms. The summed E-state index contributed by atoms with van der Waals surface area (Å²) in [6.07, 6.45) is 7.57. The number of rotatable bonds is 13. The van der Waals surface area contributed by atoms with Gasteiger partial charge in [0.15, 0.2) is 0 Å². The van der Waals surface area contributed by atoms with Crippen LogP contribution in [-0.4, -0.2) is 25.2 Å². The quantitative estimate of drug-likeness (QED) is 0.121. The molecule has 0 unspecified atom stereocenters. The smallest absolute Gasteiger partial charge is 0.338 e. The molecule has 200 valence electrons. The zero-order valence-corrected chi connectivity index (χ0v) is 22.3. The van der Waals surface area contributed by atoms with Crippen molar-refractivity contribution in [1.29, 1.82) is 0 Å². The van der Waals surface area contributed by atoms with Gasteiger partial charge in [0.2, 0.25) is 0 Å². The van der Waals surface area contributed by atoms with Gasteiger partial charge in [0.25, 0.3) is 0 Å². The summed E-state index contributed by atoms with van der Waals surface area (Å²) in [4.78, 5) is 23.9. The number of benzene rings is 3. The molecule has 0 spiro atoms. The van der Waals surface area contributed by atoms with Crippen LogP contribution in [0.1, 0.15) is 60.2 Å². The largest absolute Gasteiger partial charge is 0.463 e. The van der Waals surface area contributed by atoms with Gasteiger partial charge >= 0.3 is 11.9 Å². The van der Waals surface area contributed by atoms with Gasteiger partial charge in [0.05, 0.1) is 18.8 Å². The molecule has 0 radical (unpaired) electrons. The Bertz CT molecular complexity index is 1150. The first-order valence-electron chi connectivity index (χ1n) is 13.1. The molecule has 0 bridgehead atoms. The molecule has 0 aliphatic rings. The highest BCUT2D eigenvalue weighted by Gasteiger charge is 2.25. The Kier molecular flexibility index (Phi) is 10.5. The second-order valence-electron chi connectivity index (χ2n) is 9.95. The lowest BCUT2D eigenvalue weighted by atomic mass is 9.74. The van der Waals surface area contributed by atoms with E-state index in [-0.39, 0.29) is 11.4 Å². The standard InChI is InChI=1S/C32H38N2O4/c1-3-37-30(35)19-12-24-6-13-27(14-7-24)31(36)38-21-5-4-20-32(2,22-25-8-15-28(33)16-9-25)23-26-10-17-29(34)18-11-26/h6-19H,3-5,20-23,33-34H2,1-2H3/b19-12+. The molecule has 6 nitrogen and oxygen atoms in total. The van der Waals surface area contributed by atoms with Gasteiger partial charge in [0.1, 0.15) is 0 Å². The van der Waals surface area contributed by atoms with Crippen molar-refractivity contribution in [3.8, 4) is 0 Å². The van der Waals surface area contributed by atoms with Crippen LogP contribution in [-0.2, 0) is 27.1 Å². The zero-order valence-electron chi connectivity index (χ0n) is 22.3. The van der Waals surface area contributed by atoms with Gasteiger partial charge in [-0.2, -0.15) is 0 Å². The molecule has 0 aliphatic carbocycles. The summed E-state index contributed by atoms with van der Waals surface area (Å²) in [7, 11) is 0. The predicted octanol–water partition coefficient (Wildman–Crippen LogP) is 6.25. The van der Waals surface area contributed by atoms with Crippen LogP contribution in [0.15, 0.2) is 78.9 Å². The van der Waals surface area contributed by atoms with Gasteiger partial charge in [-0.3, -0.25) is 0 Å². The van der Waals surface area contributed by atoms with Crippen LogP contribution >= 0.6 is 0 Å². The Morgan fingerprint density at radius 2 is 1.34 bits per heavy atom. The first-order valence-corrected chi connectivity index (χ1v) is 13.1. The van der Waals surface area contributed by atoms with Crippen molar-refractivity contribution in [3.05, 3.63) is 101 Å². The van der Waals surface area contributed by atoms with Crippen molar-refractivity contribution in [2.75, 3.05) is 24.7 Å². The molecule has 0 heterocycles. The van der Waals surface area contributed by atoms with Crippen molar-refractivity contribution in [2.24, 2.45) is 5.41 Å². The summed E-state index contributed by atoms with van der Waals surface area (Å²) in [6.45, 7) is 4.76. The molecule has 3 aromatic rings. The lowest BCUT2D eigenvalue weighted by Gasteiger charge is -2.30. The van der Waals surface area contributed by atoms with Crippen LogP contribution in [0.2, 0.25) is 0 Å². The molecular formula is C32H38N2O4. The maximum atomic E-state index is 12.5. The van der Waals surface area contributed by atoms with E-state index in [1.165, 1.54) is 17.2 Å². The minimum absolute atomic E-state index is 0.0309. The highest BCUT2D eigenvalue weighted by atomic mass is 16.5. The van der Waals surface area contributed by atoms with Crippen molar-refractivity contribution >= 4 is 29.4 Å². The van der Waals surface area contributed by atoms with E-state index in [2.05, 4.69) is 31.2 Å². The molecule has 0 amide bonds. The van der Waals surface area contributed by atoms with E-state index in [9.17, 15) is 9.59 Å². The molecule has 0 saturated carbocycles. The normalized spacial score (nSPS) is 11.4. The van der Waals surface area contributed by atoms with Crippen LogP contribution in [0, 0.1) is 5.41 Å². The van der Waals surface area contributed by atoms with E-state index in [4.69, 9.17) is 20.9 Å². The van der Waals surface area contributed by atoms with Gasteiger partial charge in [0, 0.05) is 17.5 Å². The summed E-state index contributed by atoms with van der Waals surface area (Å²) < 4.78 is 10.4. The van der Waals surface area contributed by atoms with Gasteiger partial charge in [-0.05, 0) is 104 Å². The van der Waals surface area contributed by atoms with Crippen molar-refractivity contribution in [2.45, 2.75) is 46.0 Å². The number of unbranched alkanes of at least 4 members (excludes halogenated alkanes) is 1. The van der Waals surface area contributed by atoms with E-state index >= 15 is 0 Å². The molecule has 0 atom stereocenters. The molecule has 0 fully saturated rings. The second kappa shape index (κ2) is 14.0. The number of nitrogen functional groups attached to an aromatic ring is 2. The average molecular weight is 515 g/mol. The summed E-state index contributed by atoms with van der Waals surface area (Å²) in [5, 5.41) is 0. The van der Waals surface area contributed by atoms with Crippen LogP contribution < -0.4 is 11.5 Å². The Morgan fingerprint density at radius 1 is 0.789 bits per heavy atom. The summed E-state index contributed by atoms with van der Waals surface area (Å²) in [6, 6.07) is 23.1. The Labute approximate surface area is 225 Å². The van der Waals surface area contributed by atoms with E-state index < -0.39 is 5.97 Å². The molecule has 0 saturated heterocycles. The summed E-state index contributed by atoms with van der Waals surface area (Å²) >= 11 is 0. The number of esters is 2. The van der Waals surface area contributed by atoms with E-state index in [1.807, 2.05) is 24.3 Å². The number of nitrogens with two attached hydrogens (primary N) is 2. The predicted molar refractivity (Wildman–Crippen MR) is 153 cm³/mol. The minimum atomic E-state index is -0.394.